The molecule has 0 bridgehead atoms. The van der Waals surface area contributed by atoms with Crippen LogP contribution < -0.4 is 14.9 Å². The average molecular weight is 246 g/mol. The molecule has 0 saturated carbocycles. The minimum atomic E-state index is -0.576. The lowest BCUT2D eigenvalue weighted by atomic mass is 10.1. The maximum Gasteiger partial charge on any atom is 0.254 e. The van der Waals surface area contributed by atoms with E-state index in [-0.39, 0.29) is 12.3 Å². The number of aryl methyl sites for hydroxylation is 1. The van der Waals surface area contributed by atoms with Gasteiger partial charge in [-0.1, -0.05) is 0 Å². The van der Waals surface area contributed by atoms with Crippen molar-refractivity contribution in [3.05, 3.63) is 39.3 Å². The van der Waals surface area contributed by atoms with E-state index >= 15 is 0 Å². The van der Waals surface area contributed by atoms with E-state index in [1.54, 1.807) is 16.7 Å². The molecule has 0 saturated heterocycles. The summed E-state index contributed by atoms with van der Waals surface area (Å²) in [4.78, 5) is 11.9. The summed E-state index contributed by atoms with van der Waals surface area (Å²) in [6.07, 6.45) is 0. The average Bonchev–Trinajstić information content (AvgIpc) is 2.69. The lowest BCUT2D eigenvalue weighted by molar-refractivity contribution is 0.263. The van der Waals surface area contributed by atoms with Gasteiger partial charge in [-0.25, -0.2) is 0 Å². The van der Waals surface area contributed by atoms with Gasteiger partial charge in [-0.2, -0.15) is 0 Å². The summed E-state index contributed by atoms with van der Waals surface area (Å²) in [5, 5.41) is 13.0. The molecule has 2 aromatic rings. The smallest absolute Gasteiger partial charge is 0.254 e. The first-order valence-corrected chi connectivity index (χ1v) is 5.75. The number of aromatic nitrogens is 1. The van der Waals surface area contributed by atoms with E-state index in [4.69, 9.17) is 4.74 Å². The molecular formula is C13H14N2O3. The second-order valence-electron chi connectivity index (χ2n) is 5.03. The zero-order valence-electron chi connectivity index (χ0n) is 10.6. The van der Waals surface area contributed by atoms with Gasteiger partial charge in [0.1, 0.15) is 5.52 Å². The van der Waals surface area contributed by atoms with Crippen molar-refractivity contribution in [1.82, 2.24) is 9.21 Å². The molecule has 5 nitrogen and oxygen atoms in total. The van der Waals surface area contributed by atoms with E-state index in [1.807, 2.05) is 13.0 Å². The molecule has 0 spiro atoms. The Bertz CT molecular complexity index is 711. The SMILES string of the molecule is Cc1cc(=O)n2c3c(c([N+](C)(C)[O-])ccc13)OC2. The Morgan fingerprint density at radius 1 is 1.39 bits per heavy atom. The topological polar surface area (TPSA) is 54.3 Å². The van der Waals surface area contributed by atoms with Crippen molar-refractivity contribution in [2.24, 2.45) is 0 Å². The van der Waals surface area contributed by atoms with Crippen LogP contribution in [0.25, 0.3) is 10.9 Å². The highest BCUT2D eigenvalue weighted by molar-refractivity contribution is 5.93. The molecule has 0 aliphatic carbocycles. The number of quaternary nitrogens is 1. The first kappa shape index (κ1) is 11.3. The molecule has 0 radical (unpaired) electrons. The third-order valence-electron chi connectivity index (χ3n) is 3.33. The van der Waals surface area contributed by atoms with E-state index in [9.17, 15) is 10.0 Å². The zero-order valence-corrected chi connectivity index (χ0v) is 10.6. The number of rotatable bonds is 1. The molecule has 0 fully saturated rings. The van der Waals surface area contributed by atoms with Gasteiger partial charge < -0.3 is 14.6 Å². The second kappa shape index (κ2) is 3.34. The zero-order chi connectivity index (χ0) is 13.1. The summed E-state index contributed by atoms with van der Waals surface area (Å²) >= 11 is 0. The van der Waals surface area contributed by atoms with E-state index in [0.29, 0.717) is 11.4 Å². The largest absolute Gasteiger partial charge is 0.628 e. The first-order chi connectivity index (χ1) is 8.39. The maximum atomic E-state index is 12.1. The van der Waals surface area contributed by atoms with E-state index in [1.165, 1.54) is 14.1 Å². The van der Waals surface area contributed by atoms with Crippen LogP contribution in [0.4, 0.5) is 5.69 Å². The van der Waals surface area contributed by atoms with Gasteiger partial charge in [-0.15, -0.1) is 0 Å². The Morgan fingerprint density at radius 2 is 2.11 bits per heavy atom. The number of benzene rings is 1. The van der Waals surface area contributed by atoms with E-state index in [0.717, 1.165) is 16.5 Å². The van der Waals surface area contributed by atoms with E-state index in [2.05, 4.69) is 0 Å². The summed E-state index contributed by atoms with van der Waals surface area (Å²) in [7, 11) is 3.08. The molecule has 1 aliphatic heterocycles. The third kappa shape index (κ3) is 1.38. The van der Waals surface area contributed by atoms with Gasteiger partial charge in [0, 0.05) is 17.5 Å². The quantitative estimate of drug-likeness (QED) is 0.568. The summed E-state index contributed by atoms with van der Waals surface area (Å²) in [6.45, 7) is 2.07. The molecule has 5 heteroatoms. The van der Waals surface area contributed by atoms with Crippen LogP contribution in [0, 0.1) is 12.1 Å². The predicted molar refractivity (Wildman–Crippen MR) is 70.6 cm³/mol. The van der Waals surface area contributed by atoms with Gasteiger partial charge in [0.2, 0.25) is 5.75 Å². The number of hydroxylamine groups is 2. The van der Waals surface area contributed by atoms with Gasteiger partial charge >= 0.3 is 0 Å². The Balaban J connectivity index is 2.49. The molecular weight excluding hydrogens is 232 g/mol. The Labute approximate surface area is 104 Å². The summed E-state index contributed by atoms with van der Waals surface area (Å²) < 4.78 is 6.55. The Hall–Kier alpha value is -1.85. The third-order valence-corrected chi connectivity index (χ3v) is 3.33. The summed E-state index contributed by atoms with van der Waals surface area (Å²) in [5.74, 6) is 0.535. The van der Waals surface area contributed by atoms with Crippen LogP contribution in [0.15, 0.2) is 23.0 Å². The van der Waals surface area contributed by atoms with Gasteiger partial charge in [0.15, 0.2) is 12.4 Å². The predicted octanol–water partition coefficient (Wildman–Crippen LogP) is 1.72. The molecule has 1 aromatic heterocycles. The van der Waals surface area contributed by atoms with Crippen LogP contribution in [0.2, 0.25) is 0 Å². The molecule has 0 atom stereocenters. The minimum absolute atomic E-state index is 0.0906. The van der Waals surface area contributed by atoms with Crippen LogP contribution in [0.5, 0.6) is 5.75 Å². The van der Waals surface area contributed by atoms with Gasteiger partial charge in [0.05, 0.1) is 14.1 Å². The number of nitrogens with zero attached hydrogens (tertiary/aromatic N) is 2. The summed E-state index contributed by atoms with van der Waals surface area (Å²) in [6, 6.07) is 5.25. The Kier molecular flexibility index (Phi) is 2.09. The second-order valence-corrected chi connectivity index (χ2v) is 5.03. The molecule has 94 valence electrons. The van der Waals surface area contributed by atoms with E-state index < -0.39 is 4.65 Å². The Morgan fingerprint density at radius 3 is 2.78 bits per heavy atom. The van der Waals surface area contributed by atoms with Gasteiger partial charge in [-0.05, 0) is 18.6 Å². The van der Waals surface area contributed by atoms with Crippen molar-refractivity contribution in [1.29, 1.82) is 0 Å². The van der Waals surface area contributed by atoms with Crippen LogP contribution in [0.3, 0.4) is 0 Å². The number of hydrogen-bond acceptors (Lipinski definition) is 3. The maximum absolute atomic E-state index is 12.1. The van der Waals surface area contributed by atoms with Crippen molar-refractivity contribution in [3.8, 4) is 5.75 Å². The molecule has 0 unspecified atom stereocenters. The van der Waals surface area contributed by atoms with Crippen molar-refractivity contribution >= 4 is 16.6 Å². The molecule has 1 aromatic carbocycles. The van der Waals surface area contributed by atoms with Gasteiger partial charge in [0.25, 0.3) is 5.56 Å². The van der Waals surface area contributed by atoms with Crippen molar-refractivity contribution in [2.75, 3.05) is 14.1 Å². The fraction of sp³-hybridized carbons (Fsp3) is 0.308. The number of pyridine rings is 1. The molecule has 3 rings (SSSR count). The fourth-order valence-electron chi connectivity index (χ4n) is 2.42. The molecule has 2 heterocycles. The van der Waals surface area contributed by atoms with Crippen LogP contribution in [0.1, 0.15) is 5.56 Å². The number of ether oxygens (including phenoxy) is 1. The molecule has 1 aliphatic rings. The molecule has 0 amide bonds. The highest BCUT2D eigenvalue weighted by atomic mass is 16.5. The highest BCUT2D eigenvalue weighted by Gasteiger charge is 2.26. The fourth-order valence-corrected chi connectivity index (χ4v) is 2.42. The normalized spacial score (nSPS) is 14.0. The first-order valence-electron chi connectivity index (χ1n) is 5.75. The monoisotopic (exact) mass is 246 g/mol. The lowest BCUT2D eigenvalue weighted by Crippen LogP contribution is -2.32. The van der Waals surface area contributed by atoms with Crippen LogP contribution in [-0.2, 0) is 6.73 Å². The van der Waals surface area contributed by atoms with Gasteiger partial charge in [-0.3, -0.25) is 9.36 Å². The lowest BCUT2D eigenvalue weighted by Gasteiger charge is -2.33. The highest BCUT2D eigenvalue weighted by Crippen LogP contribution is 2.41. The van der Waals surface area contributed by atoms with Crippen molar-refractivity contribution < 1.29 is 4.74 Å². The minimum Gasteiger partial charge on any atom is -0.628 e. The molecule has 0 N–H and O–H groups in total. The van der Waals surface area contributed by atoms with Crippen LogP contribution >= 0.6 is 0 Å². The van der Waals surface area contributed by atoms with Crippen molar-refractivity contribution in [3.63, 3.8) is 0 Å². The standard InChI is InChI=1S/C13H14N2O3/c1-8-6-11(16)14-7-18-13-10(15(2,3)17)5-4-9(8)12(13)14/h4-6H,7H2,1-3H3. The summed E-state index contributed by atoms with van der Waals surface area (Å²) in [5.41, 5.74) is 2.09. The van der Waals surface area contributed by atoms with Crippen molar-refractivity contribution in [2.45, 2.75) is 13.7 Å². The van der Waals surface area contributed by atoms with Crippen LogP contribution in [-0.4, -0.2) is 18.7 Å². The molecule has 18 heavy (non-hydrogen) atoms. The number of hydrogen-bond donors (Lipinski definition) is 0.